The van der Waals surface area contributed by atoms with Gasteiger partial charge < -0.3 is 26.9 Å². The van der Waals surface area contributed by atoms with Gasteiger partial charge in [0.1, 0.15) is 6.10 Å². The number of hydrogen-bond acceptors (Lipinski definition) is 6. The third-order valence-electron chi connectivity index (χ3n) is 2.42. The van der Waals surface area contributed by atoms with Gasteiger partial charge in [0.2, 0.25) is 0 Å². The maximum Gasteiger partial charge on any atom is 0.667 e. The lowest BCUT2D eigenvalue weighted by atomic mass is 10.5. The molecular formula is C9H22O6Si2. The highest BCUT2D eigenvalue weighted by Gasteiger charge is 2.41. The maximum atomic E-state index is 5.65. The molecule has 1 rings (SSSR count). The Morgan fingerprint density at radius 2 is 1.88 bits per heavy atom. The molecule has 0 aromatic heterocycles. The van der Waals surface area contributed by atoms with Crippen molar-refractivity contribution in [3.05, 3.63) is 0 Å². The molecule has 0 radical (unpaired) electrons. The molecule has 1 unspecified atom stereocenters. The summed E-state index contributed by atoms with van der Waals surface area (Å²) in [5.74, 6) is 0. The Bertz CT molecular complexity index is 190. The fourth-order valence-electron chi connectivity index (χ4n) is 1.31. The van der Waals surface area contributed by atoms with E-state index in [4.69, 9.17) is 26.9 Å². The summed E-state index contributed by atoms with van der Waals surface area (Å²) in [5.41, 5.74) is 0. The predicted molar refractivity (Wildman–Crippen MR) is 66.4 cm³/mol. The number of ether oxygens (including phenoxy) is 2. The topological polar surface area (TPSA) is 58.7 Å². The minimum Gasteiger partial charge on any atom is -0.400 e. The second kappa shape index (κ2) is 8.32. The van der Waals surface area contributed by atoms with Crippen LogP contribution in [-0.4, -0.2) is 66.1 Å². The van der Waals surface area contributed by atoms with Crippen LogP contribution in [0.4, 0.5) is 0 Å². The van der Waals surface area contributed by atoms with Gasteiger partial charge in [-0.25, -0.2) is 0 Å². The van der Waals surface area contributed by atoms with E-state index in [2.05, 4.69) is 0 Å². The lowest BCUT2D eigenvalue weighted by molar-refractivity contribution is 0.0520. The Labute approximate surface area is 106 Å². The third-order valence-corrected chi connectivity index (χ3v) is 6.94. The highest BCUT2D eigenvalue weighted by atomic mass is 28.4. The second-order valence-electron chi connectivity index (χ2n) is 3.70. The zero-order valence-corrected chi connectivity index (χ0v) is 13.2. The molecule has 17 heavy (non-hydrogen) atoms. The molecule has 1 aliphatic heterocycles. The van der Waals surface area contributed by atoms with Crippen molar-refractivity contribution in [2.45, 2.75) is 18.6 Å². The summed E-state index contributed by atoms with van der Waals surface area (Å²) in [6, 6.07) is 1.02. The van der Waals surface area contributed by atoms with E-state index in [0.29, 0.717) is 6.10 Å². The molecule has 1 heterocycles. The molecule has 102 valence electrons. The van der Waals surface area contributed by atoms with Crippen molar-refractivity contribution < 1.29 is 26.9 Å². The number of epoxide rings is 1. The minimum absolute atomic E-state index is 0.346. The summed E-state index contributed by atoms with van der Waals surface area (Å²) in [5, 5.41) is 0. The van der Waals surface area contributed by atoms with Crippen molar-refractivity contribution in [2.75, 3.05) is 41.2 Å². The Kier molecular flexibility index (Phi) is 7.47. The average Bonchev–Trinajstić information content (AvgIpc) is 3.18. The van der Waals surface area contributed by atoms with Crippen LogP contribution in [0.15, 0.2) is 0 Å². The van der Waals surface area contributed by atoms with Crippen LogP contribution >= 0.6 is 0 Å². The zero-order chi connectivity index (χ0) is 12.6. The van der Waals surface area contributed by atoms with Crippen LogP contribution in [0.25, 0.3) is 0 Å². The van der Waals surface area contributed by atoms with E-state index >= 15 is 0 Å². The first kappa shape index (κ1) is 15.3. The summed E-state index contributed by atoms with van der Waals surface area (Å²) in [6.45, 7) is 2.33. The monoisotopic (exact) mass is 282 g/mol. The molecule has 0 bridgehead atoms. The quantitative estimate of drug-likeness (QED) is 0.294. The Morgan fingerprint density at radius 1 is 1.24 bits per heavy atom. The minimum atomic E-state index is -2.79. The Morgan fingerprint density at radius 3 is 2.41 bits per heavy atom. The Hall–Kier alpha value is 0.194. The van der Waals surface area contributed by atoms with Crippen molar-refractivity contribution in [1.82, 2.24) is 0 Å². The van der Waals surface area contributed by atoms with Crippen molar-refractivity contribution in [3.63, 3.8) is 0 Å². The molecule has 0 aliphatic carbocycles. The van der Waals surface area contributed by atoms with Gasteiger partial charge in [0, 0.05) is 27.9 Å². The van der Waals surface area contributed by atoms with Crippen molar-refractivity contribution in [1.29, 1.82) is 0 Å². The smallest absolute Gasteiger partial charge is 0.400 e. The van der Waals surface area contributed by atoms with Crippen molar-refractivity contribution >= 4 is 18.8 Å². The van der Waals surface area contributed by atoms with Gasteiger partial charge in [-0.1, -0.05) is 0 Å². The summed E-state index contributed by atoms with van der Waals surface area (Å²) < 4.78 is 31.6. The highest BCUT2D eigenvalue weighted by molar-refractivity contribution is 6.60. The average molecular weight is 282 g/mol. The molecule has 0 aromatic rings. The van der Waals surface area contributed by atoms with Crippen LogP contribution in [0.2, 0.25) is 6.04 Å². The summed E-state index contributed by atoms with van der Waals surface area (Å²) >= 11 is 0. The molecule has 1 aliphatic rings. The molecule has 8 heteroatoms. The van der Waals surface area contributed by atoms with E-state index in [9.17, 15) is 0 Å². The predicted octanol–water partition coefficient (Wildman–Crippen LogP) is -0.315. The molecule has 0 aromatic carbocycles. The summed E-state index contributed by atoms with van der Waals surface area (Å²) in [6.07, 6.45) is 1.35. The first-order chi connectivity index (χ1) is 8.26. The molecule has 0 amide bonds. The lowest BCUT2D eigenvalue weighted by Crippen LogP contribution is -2.47. The van der Waals surface area contributed by atoms with E-state index in [1.54, 1.807) is 21.3 Å². The molecule has 0 N–H and O–H groups in total. The number of rotatable bonds is 11. The third kappa shape index (κ3) is 6.06. The highest BCUT2D eigenvalue weighted by Crippen LogP contribution is 2.10. The van der Waals surface area contributed by atoms with Gasteiger partial charge in [-0.15, -0.1) is 0 Å². The normalized spacial score (nSPS) is 20.3. The van der Waals surface area contributed by atoms with Gasteiger partial charge in [-0.05, 0) is 12.5 Å². The van der Waals surface area contributed by atoms with E-state index < -0.39 is 18.8 Å². The molecule has 1 fully saturated rings. The fraction of sp³-hybridized carbons (Fsp3) is 1.00. The first-order valence-electron chi connectivity index (χ1n) is 5.75. The standard InChI is InChI=1S/C9H22O6Si2/c1-10-17(11-2,12-3)15-16-6-4-5-13-7-9-8-14-9/h9H,4-8,16H2,1-3H3. The van der Waals surface area contributed by atoms with E-state index in [0.717, 1.165) is 32.3 Å². The van der Waals surface area contributed by atoms with Crippen LogP contribution in [0, 0.1) is 0 Å². The molecular weight excluding hydrogens is 260 g/mol. The molecule has 0 saturated carbocycles. The van der Waals surface area contributed by atoms with Crippen LogP contribution in [0.3, 0.4) is 0 Å². The van der Waals surface area contributed by atoms with Crippen molar-refractivity contribution in [3.8, 4) is 0 Å². The van der Waals surface area contributed by atoms with Crippen LogP contribution in [0.5, 0.6) is 0 Å². The second-order valence-corrected chi connectivity index (χ2v) is 8.19. The van der Waals surface area contributed by atoms with Gasteiger partial charge in [0.05, 0.1) is 13.2 Å². The number of hydrogen-bond donors (Lipinski definition) is 0. The van der Waals surface area contributed by atoms with E-state index in [-0.39, 0.29) is 0 Å². The molecule has 1 saturated heterocycles. The molecule has 1 atom stereocenters. The van der Waals surface area contributed by atoms with Crippen molar-refractivity contribution in [2.24, 2.45) is 0 Å². The van der Waals surface area contributed by atoms with Crippen LogP contribution < -0.4 is 0 Å². The van der Waals surface area contributed by atoms with E-state index in [1.165, 1.54) is 0 Å². The largest absolute Gasteiger partial charge is 0.667 e. The molecule has 6 nitrogen and oxygen atoms in total. The van der Waals surface area contributed by atoms with Gasteiger partial charge in [-0.2, -0.15) is 0 Å². The Balaban J connectivity index is 1.93. The maximum absolute atomic E-state index is 5.65. The SMILES string of the molecule is CO[Si](OC)(OC)O[SiH2]CCCOCC1CO1. The lowest BCUT2D eigenvalue weighted by Gasteiger charge is -2.23. The molecule has 0 spiro atoms. The van der Waals surface area contributed by atoms with Gasteiger partial charge in [-0.3, -0.25) is 0 Å². The zero-order valence-electron chi connectivity index (χ0n) is 10.8. The first-order valence-corrected chi connectivity index (χ1v) is 8.96. The van der Waals surface area contributed by atoms with Crippen LogP contribution in [0.1, 0.15) is 6.42 Å². The van der Waals surface area contributed by atoms with Crippen LogP contribution in [-0.2, 0) is 26.9 Å². The van der Waals surface area contributed by atoms with Gasteiger partial charge >= 0.3 is 9.05 Å². The summed E-state index contributed by atoms with van der Waals surface area (Å²) in [4.78, 5) is 0. The van der Waals surface area contributed by atoms with Gasteiger partial charge in [0.15, 0.2) is 9.76 Å². The van der Waals surface area contributed by atoms with Gasteiger partial charge in [0.25, 0.3) is 0 Å². The van der Waals surface area contributed by atoms with E-state index in [1.807, 2.05) is 0 Å². The fourth-order valence-corrected chi connectivity index (χ4v) is 5.21. The summed E-state index contributed by atoms with van der Waals surface area (Å²) in [7, 11) is 1.17.